The second kappa shape index (κ2) is 3.93. The van der Waals surface area contributed by atoms with Gasteiger partial charge in [-0.25, -0.2) is 8.42 Å². The van der Waals surface area contributed by atoms with E-state index in [-0.39, 0.29) is 0 Å². The van der Waals surface area contributed by atoms with Gasteiger partial charge in [0.05, 0.1) is 15.9 Å². The lowest BCUT2D eigenvalue weighted by molar-refractivity contribution is 0.318. The highest BCUT2D eigenvalue weighted by molar-refractivity contribution is 7.91. The quantitative estimate of drug-likeness (QED) is 0.862. The van der Waals surface area contributed by atoms with Crippen molar-refractivity contribution in [3.05, 3.63) is 23.0 Å². The van der Waals surface area contributed by atoms with E-state index in [1.807, 2.05) is 6.07 Å². The molecule has 0 aliphatic heterocycles. The number of H-pyrrole nitrogens is 1. The molecular weight excluding hydrogens is 268 g/mol. The molecule has 1 saturated carbocycles. The van der Waals surface area contributed by atoms with Gasteiger partial charge in [-0.15, -0.1) is 0 Å². The lowest BCUT2D eigenvalue weighted by atomic mass is 9.93. The molecule has 1 fully saturated rings. The zero-order valence-electron chi connectivity index (χ0n) is 10.0. The van der Waals surface area contributed by atoms with Gasteiger partial charge in [0.25, 0.3) is 0 Å². The molecule has 1 aromatic heterocycles. The number of sulfone groups is 1. The van der Waals surface area contributed by atoms with E-state index in [0.717, 1.165) is 18.4 Å². The predicted molar refractivity (Wildman–Crippen MR) is 73.1 cm³/mol. The number of rotatable bonds is 2. The van der Waals surface area contributed by atoms with Gasteiger partial charge in [-0.2, -0.15) is 0 Å². The summed E-state index contributed by atoms with van der Waals surface area (Å²) in [6.45, 7) is 0. The molecule has 3 rings (SSSR count). The zero-order valence-corrected chi connectivity index (χ0v) is 11.6. The first kappa shape index (κ1) is 11.9. The Morgan fingerprint density at radius 3 is 2.67 bits per heavy atom. The van der Waals surface area contributed by atoms with Crippen LogP contribution in [0.25, 0.3) is 11.0 Å². The van der Waals surface area contributed by atoms with Crippen molar-refractivity contribution >= 4 is 33.1 Å². The van der Waals surface area contributed by atoms with Crippen LogP contribution in [-0.4, -0.2) is 24.2 Å². The minimum absolute atomic E-state index is 0.323. The molecule has 0 saturated heterocycles. The molecule has 0 radical (unpaired) electrons. The summed E-state index contributed by atoms with van der Waals surface area (Å²) in [7, 11) is -3.24. The molecule has 6 heteroatoms. The van der Waals surface area contributed by atoms with E-state index < -0.39 is 9.84 Å². The van der Waals surface area contributed by atoms with Gasteiger partial charge in [-0.05, 0) is 43.6 Å². The van der Waals surface area contributed by atoms with Crippen LogP contribution in [0.3, 0.4) is 0 Å². The van der Waals surface area contributed by atoms with Crippen LogP contribution in [-0.2, 0) is 9.84 Å². The third-order valence-electron chi connectivity index (χ3n) is 3.55. The number of fused-ring (bicyclic) bond motifs is 1. The summed E-state index contributed by atoms with van der Waals surface area (Å²) in [4.78, 5) is 3.37. The van der Waals surface area contributed by atoms with Crippen LogP contribution >= 0.6 is 12.2 Å². The molecule has 0 atom stereocenters. The summed E-state index contributed by atoms with van der Waals surface area (Å²) in [5.41, 5.74) is 1.53. The SMILES string of the molecule is CS(=O)(=O)c1cccc2c1[nH]c(=S)n2C1CCC1. The fourth-order valence-electron chi connectivity index (χ4n) is 2.44. The Morgan fingerprint density at radius 2 is 2.11 bits per heavy atom. The first-order valence-electron chi connectivity index (χ1n) is 5.92. The lowest BCUT2D eigenvalue weighted by Crippen LogP contribution is -2.16. The molecule has 0 amide bonds. The van der Waals surface area contributed by atoms with Crippen molar-refractivity contribution in [2.75, 3.05) is 6.26 Å². The Bertz CT molecular complexity index is 767. The average Bonchev–Trinajstić information content (AvgIpc) is 2.52. The van der Waals surface area contributed by atoms with Gasteiger partial charge < -0.3 is 9.55 Å². The largest absolute Gasteiger partial charge is 0.329 e. The highest BCUT2D eigenvalue weighted by Crippen LogP contribution is 2.35. The standard InChI is InChI=1S/C12H14N2O2S2/c1-18(15,16)10-7-3-6-9-11(10)13-12(17)14(9)8-4-2-5-8/h3,6-8H,2,4-5H2,1H3,(H,13,17). The average molecular weight is 282 g/mol. The Hall–Kier alpha value is -1.14. The van der Waals surface area contributed by atoms with E-state index in [0.29, 0.717) is 21.2 Å². The Balaban J connectivity index is 2.35. The van der Waals surface area contributed by atoms with Crippen molar-refractivity contribution < 1.29 is 8.42 Å². The molecule has 0 unspecified atom stereocenters. The van der Waals surface area contributed by atoms with Crippen molar-refractivity contribution in [1.29, 1.82) is 0 Å². The molecule has 1 N–H and O–H groups in total. The first-order valence-corrected chi connectivity index (χ1v) is 8.22. The molecule has 96 valence electrons. The fourth-order valence-corrected chi connectivity index (χ4v) is 3.64. The third kappa shape index (κ3) is 1.71. The predicted octanol–water partition coefficient (Wildman–Crippen LogP) is 2.83. The topological polar surface area (TPSA) is 54.9 Å². The first-order chi connectivity index (χ1) is 8.48. The van der Waals surface area contributed by atoms with E-state index in [1.165, 1.54) is 12.7 Å². The van der Waals surface area contributed by atoms with Crippen LogP contribution in [0, 0.1) is 4.77 Å². The monoisotopic (exact) mass is 282 g/mol. The smallest absolute Gasteiger partial charge is 0.178 e. The van der Waals surface area contributed by atoms with Crippen LogP contribution < -0.4 is 0 Å². The lowest BCUT2D eigenvalue weighted by Gasteiger charge is -2.27. The van der Waals surface area contributed by atoms with Crippen LogP contribution in [0.4, 0.5) is 0 Å². The number of aromatic amines is 1. The summed E-state index contributed by atoms with van der Waals surface area (Å²) < 4.78 is 26.2. The number of hydrogen-bond donors (Lipinski definition) is 1. The Kier molecular flexibility index (Phi) is 2.60. The summed E-state index contributed by atoms with van der Waals surface area (Å²) in [6.07, 6.45) is 4.67. The van der Waals surface area contributed by atoms with E-state index in [2.05, 4.69) is 9.55 Å². The number of aromatic nitrogens is 2. The number of benzene rings is 1. The van der Waals surface area contributed by atoms with Gasteiger partial charge >= 0.3 is 0 Å². The molecule has 4 nitrogen and oxygen atoms in total. The second-order valence-electron chi connectivity index (χ2n) is 4.81. The minimum atomic E-state index is -3.24. The highest BCUT2D eigenvalue weighted by Gasteiger charge is 2.23. The molecular formula is C12H14N2O2S2. The molecule has 0 bridgehead atoms. The van der Waals surface area contributed by atoms with Gasteiger partial charge in [0.15, 0.2) is 14.6 Å². The van der Waals surface area contributed by atoms with Gasteiger partial charge in [0, 0.05) is 12.3 Å². The van der Waals surface area contributed by atoms with Crippen molar-refractivity contribution in [3.63, 3.8) is 0 Å². The summed E-state index contributed by atoms with van der Waals surface area (Å²) in [6, 6.07) is 5.74. The highest BCUT2D eigenvalue weighted by atomic mass is 32.2. The molecule has 1 aromatic carbocycles. The maximum absolute atomic E-state index is 11.8. The van der Waals surface area contributed by atoms with Gasteiger partial charge in [0.1, 0.15) is 0 Å². The maximum atomic E-state index is 11.8. The third-order valence-corrected chi connectivity index (χ3v) is 4.99. The second-order valence-corrected chi connectivity index (χ2v) is 7.18. The molecule has 0 spiro atoms. The summed E-state index contributed by atoms with van der Waals surface area (Å²) in [5, 5.41) is 0. The molecule has 2 aromatic rings. The normalized spacial score (nSPS) is 16.9. The number of para-hydroxylation sites is 1. The minimum Gasteiger partial charge on any atom is -0.329 e. The molecule has 1 aliphatic rings. The van der Waals surface area contributed by atoms with Crippen molar-refractivity contribution in [1.82, 2.24) is 9.55 Å². The van der Waals surface area contributed by atoms with E-state index in [1.54, 1.807) is 12.1 Å². The van der Waals surface area contributed by atoms with Crippen LogP contribution in [0.2, 0.25) is 0 Å². The van der Waals surface area contributed by atoms with Crippen molar-refractivity contribution in [2.45, 2.75) is 30.2 Å². The number of imidazole rings is 1. The summed E-state index contributed by atoms with van der Waals surface area (Å²) in [5.74, 6) is 0. The Labute approximate surface area is 111 Å². The van der Waals surface area contributed by atoms with Crippen molar-refractivity contribution in [2.24, 2.45) is 0 Å². The van der Waals surface area contributed by atoms with E-state index in [9.17, 15) is 8.42 Å². The molecule has 18 heavy (non-hydrogen) atoms. The maximum Gasteiger partial charge on any atom is 0.178 e. The van der Waals surface area contributed by atoms with Crippen LogP contribution in [0.15, 0.2) is 23.1 Å². The van der Waals surface area contributed by atoms with Gasteiger partial charge in [-0.1, -0.05) is 6.07 Å². The van der Waals surface area contributed by atoms with Crippen molar-refractivity contribution in [3.8, 4) is 0 Å². The van der Waals surface area contributed by atoms with Crippen LogP contribution in [0.1, 0.15) is 25.3 Å². The fraction of sp³-hybridized carbons (Fsp3) is 0.417. The van der Waals surface area contributed by atoms with E-state index in [4.69, 9.17) is 12.2 Å². The molecule has 1 aliphatic carbocycles. The Morgan fingerprint density at radius 1 is 1.39 bits per heavy atom. The van der Waals surface area contributed by atoms with Gasteiger partial charge in [-0.3, -0.25) is 0 Å². The number of hydrogen-bond acceptors (Lipinski definition) is 3. The summed E-state index contributed by atoms with van der Waals surface area (Å²) >= 11 is 5.32. The van der Waals surface area contributed by atoms with Crippen LogP contribution in [0.5, 0.6) is 0 Å². The molecule has 1 heterocycles. The van der Waals surface area contributed by atoms with E-state index >= 15 is 0 Å². The van der Waals surface area contributed by atoms with Gasteiger partial charge in [0.2, 0.25) is 0 Å². The number of nitrogens with zero attached hydrogens (tertiary/aromatic N) is 1. The zero-order chi connectivity index (χ0) is 12.9. The number of nitrogens with one attached hydrogen (secondary N) is 1.